The molecule has 0 radical (unpaired) electrons. The topological polar surface area (TPSA) is 41.3 Å². The molecule has 0 aliphatic carbocycles. The van der Waals surface area contributed by atoms with E-state index in [0.717, 1.165) is 44.3 Å². The van der Waals surface area contributed by atoms with Crippen molar-refractivity contribution in [3.63, 3.8) is 0 Å². The summed E-state index contributed by atoms with van der Waals surface area (Å²) < 4.78 is 40.1. The van der Waals surface area contributed by atoms with Gasteiger partial charge in [0.05, 0.1) is 16.6 Å². The molecule has 11 aromatic rings. The third-order valence-corrected chi connectivity index (χ3v) is 12.0. The van der Waals surface area contributed by atoms with E-state index in [1.165, 1.54) is 42.7 Å². The predicted octanol–water partition coefficient (Wildman–Crippen LogP) is 11.8. The van der Waals surface area contributed by atoms with Crippen LogP contribution in [0.15, 0.2) is 140 Å². The third kappa shape index (κ3) is 4.44. The van der Waals surface area contributed by atoms with Crippen LogP contribution < -0.4 is 4.74 Å². The van der Waals surface area contributed by atoms with Crippen molar-refractivity contribution < 1.29 is 28.2 Å². The van der Waals surface area contributed by atoms with E-state index in [4.69, 9.17) is 13.8 Å². The zero-order valence-corrected chi connectivity index (χ0v) is 32.0. The van der Waals surface area contributed by atoms with Gasteiger partial charge in [0, 0.05) is 27.7 Å². The fraction of sp³-hybridized carbons (Fsp3) is 0.106. The summed E-state index contributed by atoms with van der Waals surface area (Å²) >= 11 is 2.10. The second-order valence-electron chi connectivity index (χ2n) is 15.1. The molecule has 264 valence electrons. The molecule has 7 heteroatoms. The maximum atomic E-state index is 8.26. The fourth-order valence-electron chi connectivity index (χ4n) is 8.42. The van der Waals surface area contributed by atoms with E-state index in [0.29, 0.717) is 20.8 Å². The van der Waals surface area contributed by atoms with E-state index < -0.39 is 6.98 Å². The molecule has 0 atom stereocenters. The number of imidazole rings is 1. The summed E-state index contributed by atoms with van der Waals surface area (Å²) in [5.74, 6) is 2.16. The zero-order valence-electron chi connectivity index (χ0n) is 32.7. The molecular formula is C47H35N5OPt. The number of rotatable bonds is 4. The van der Waals surface area contributed by atoms with Gasteiger partial charge in [-0.25, -0.2) is 0 Å². The zero-order chi connectivity index (χ0) is 39.0. The first kappa shape index (κ1) is 28.5. The van der Waals surface area contributed by atoms with Gasteiger partial charge in [0.25, 0.3) is 0 Å². The number of benzene rings is 6. The molecule has 6 nitrogen and oxygen atoms in total. The van der Waals surface area contributed by atoms with Crippen LogP contribution >= 0.6 is 0 Å². The Morgan fingerprint density at radius 2 is 1.26 bits per heavy atom. The van der Waals surface area contributed by atoms with E-state index in [1.54, 1.807) is 0 Å². The Morgan fingerprint density at radius 3 is 2.09 bits per heavy atom. The van der Waals surface area contributed by atoms with Gasteiger partial charge in [-0.1, -0.05) is 57.2 Å². The molecule has 5 aromatic heterocycles. The van der Waals surface area contributed by atoms with Crippen molar-refractivity contribution in [3.05, 3.63) is 149 Å². The van der Waals surface area contributed by atoms with Crippen LogP contribution in [-0.2, 0) is 31.7 Å². The molecule has 0 saturated heterocycles. The first-order chi connectivity index (χ1) is 27.5. The summed E-state index contributed by atoms with van der Waals surface area (Å²) in [6, 6.07) is 45.9. The average molecular weight is 884 g/mol. The Hall–Kier alpha value is -5.97. The van der Waals surface area contributed by atoms with Crippen LogP contribution in [0.4, 0.5) is 0 Å². The molecular weight excluding hydrogens is 846 g/mol. The summed E-state index contributed by atoms with van der Waals surface area (Å²) in [5, 5.41) is 7.22. The van der Waals surface area contributed by atoms with Crippen LogP contribution in [0, 0.1) is 3.80 Å². The summed E-state index contributed by atoms with van der Waals surface area (Å²) in [6.07, 6.45) is 1.91. The number of fused-ring (bicyclic) bond motifs is 10. The average Bonchev–Trinajstić information content (AvgIpc) is 3.90. The van der Waals surface area contributed by atoms with Crippen molar-refractivity contribution >= 4 is 70.9 Å². The monoisotopic (exact) mass is 883 g/mol. The van der Waals surface area contributed by atoms with Crippen molar-refractivity contribution in [2.45, 2.75) is 26.2 Å². The van der Waals surface area contributed by atoms with Crippen molar-refractivity contribution in [1.82, 2.24) is 23.1 Å². The Morgan fingerprint density at radius 1 is 0.574 bits per heavy atom. The van der Waals surface area contributed by atoms with E-state index >= 15 is 0 Å². The molecule has 11 rings (SSSR count). The molecule has 0 bridgehead atoms. The van der Waals surface area contributed by atoms with Crippen molar-refractivity contribution in [3.8, 4) is 23.0 Å². The van der Waals surface area contributed by atoms with Crippen LogP contribution in [0.1, 0.15) is 30.4 Å². The quantitative estimate of drug-likeness (QED) is 0.177. The van der Waals surface area contributed by atoms with Gasteiger partial charge in [-0.15, -0.1) is 0 Å². The molecule has 0 amide bonds. The van der Waals surface area contributed by atoms with Crippen LogP contribution in [-0.4, -0.2) is 23.1 Å². The van der Waals surface area contributed by atoms with Gasteiger partial charge < -0.3 is 4.40 Å². The first-order valence-electron chi connectivity index (χ1n) is 19.5. The summed E-state index contributed by atoms with van der Waals surface area (Å²) in [7, 11) is 0. The fourth-order valence-corrected chi connectivity index (χ4v) is 9.26. The molecule has 5 heterocycles. The molecule has 6 aromatic carbocycles. The van der Waals surface area contributed by atoms with Crippen molar-refractivity contribution in [2.24, 2.45) is 6.98 Å². The van der Waals surface area contributed by atoms with Crippen LogP contribution in [0.5, 0.6) is 11.5 Å². The van der Waals surface area contributed by atoms with Gasteiger partial charge in [0.1, 0.15) is 0 Å². The number of aromatic nitrogens is 5. The predicted molar refractivity (Wildman–Crippen MR) is 217 cm³/mol. The minimum absolute atomic E-state index is 0.0695. The number of pyridine rings is 1. The second-order valence-corrected chi connectivity index (χ2v) is 16.1. The number of hydrogen-bond acceptors (Lipinski definition) is 2. The SMILES string of the molecule is [2H]C([2H])([2H])n1[c](=[Pt])n(-c2cccc(Oc3ccc4c5cc6c7cccc8c9ccccc9n(c6cc5n(-c5cc(C(C)(C)C)ccn5)c4c3)c87)c2)c2ccccc21. The Labute approximate surface area is 326 Å². The van der Waals surface area contributed by atoms with E-state index in [9.17, 15) is 0 Å². The number of hydrogen-bond donors (Lipinski definition) is 0. The molecule has 54 heavy (non-hydrogen) atoms. The Bertz CT molecular complexity index is 3510. The molecule has 0 aliphatic rings. The van der Waals surface area contributed by atoms with Crippen LogP contribution in [0.2, 0.25) is 0 Å². The number of nitrogens with zero attached hydrogens (tertiary/aromatic N) is 5. The summed E-state index contributed by atoms with van der Waals surface area (Å²) in [5.41, 5.74) is 9.03. The van der Waals surface area contributed by atoms with Gasteiger partial charge in [0.2, 0.25) is 0 Å². The van der Waals surface area contributed by atoms with Gasteiger partial charge in [-0.3, -0.25) is 0 Å². The molecule has 0 fully saturated rings. The molecule has 0 saturated carbocycles. The Kier molecular flexibility index (Phi) is 5.95. The van der Waals surface area contributed by atoms with Crippen molar-refractivity contribution in [1.29, 1.82) is 0 Å². The number of ether oxygens (including phenoxy) is 1. The van der Waals surface area contributed by atoms with Crippen LogP contribution in [0.25, 0.3) is 82.4 Å². The van der Waals surface area contributed by atoms with Crippen molar-refractivity contribution in [2.75, 3.05) is 0 Å². The molecule has 0 aliphatic heterocycles. The van der Waals surface area contributed by atoms with Gasteiger partial charge >= 0.3 is 198 Å². The van der Waals surface area contributed by atoms with Crippen LogP contribution in [0.3, 0.4) is 0 Å². The third-order valence-electron chi connectivity index (χ3n) is 10.9. The standard InChI is InChI=1S/C47H35N5O.Pt/c1-47(2,3)29-21-22-48-45(23-29)51-42-25-32(53-31-12-9-11-30(24-31)50-28-49(4)40-17-7-8-18-41(40)50)19-20-34(42)37-26-38-36-15-10-14-35-33-13-5-6-16-39(33)52(46(35)36)44(38)27-43(37)51;/h5-27H,1-4H3;/i4D3;. The normalized spacial score (nSPS) is 13.6. The summed E-state index contributed by atoms with van der Waals surface area (Å²) in [4.78, 5) is 4.99. The molecule has 0 N–H and O–H groups in total. The summed E-state index contributed by atoms with van der Waals surface area (Å²) in [6.45, 7) is 4.34. The van der Waals surface area contributed by atoms with E-state index in [2.05, 4.69) is 128 Å². The minimum atomic E-state index is -2.34. The van der Waals surface area contributed by atoms with Gasteiger partial charge in [-0.2, -0.15) is 0 Å². The van der Waals surface area contributed by atoms with Gasteiger partial charge in [0.15, 0.2) is 0 Å². The Balaban J connectivity index is 1.12. The van der Waals surface area contributed by atoms with E-state index in [-0.39, 0.29) is 5.41 Å². The molecule has 0 unspecified atom stereocenters. The molecule has 0 spiro atoms. The first-order valence-corrected chi connectivity index (χ1v) is 19.2. The van der Waals surface area contributed by atoms with Gasteiger partial charge in [-0.05, 0) is 23.1 Å². The number of para-hydroxylation sites is 4. The second kappa shape index (κ2) is 11.3. The number of aryl methyl sites for hydroxylation is 1. The van der Waals surface area contributed by atoms with E-state index in [1.807, 2.05) is 65.4 Å². The maximum absolute atomic E-state index is 8.26.